The van der Waals surface area contributed by atoms with Gasteiger partial charge in [-0.3, -0.25) is 0 Å². The van der Waals surface area contributed by atoms with Crippen molar-refractivity contribution in [2.24, 2.45) is 16.3 Å². The Balaban J connectivity index is 4.50. The predicted octanol–water partition coefficient (Wildman–Crippen LogP) is 5.05. The Bertz CT molecular complexity index is 450. The average molecular weight is 391 g/mol. The SMILES string of the molecule is CC(C)(C)CC(C)(C)NC(=O)OP(N)OC(=O)NC(C)(C)CC(C)(C)C. The van der Waals surface area contributed by atoms with Crippen molar-refractivity contribution in [1.29, 1.82) is 0 Å². The lowest BCUT2D eigenvalue weighted by atomic mass is 9.82. The van der Waals surface area contributed by atoms with E-state index in [1.807, 2.05) is 27.7 Å². The Morgan fingerprint density at radius 2 is 1.00 bits per heavy atom. The van der Waals surface area contributed by atoms with E-state index < -0.39 is 31.8 Å². The first-order valence-electron chi connectivity index (χ1n) is 8.85. The standard InChI is InChI=1S/C18H38N3O4P/c1-15(2,3)11-17(7,8)20-13(22)24-26(19)25-14(23)21-18(9,10)12-16(4,5)6/h11-12,19H2,1-10H3,(H,20,22)(H,21,23). The summed E-state index contributed by atoms with van der Waals surface area (Å²) in [5, 5.41) is 5.52. The zero-order valence-corrected chi connectivity index (χ0v) is 19.0. The zero-order chi connectivity index (χ0) is 21.0. The molecule has 26 heavy (non-hydrogen) atoms. The Kier molecular flexibility index (Phi) is 8.39. The van der Waals surface area contributed by atoms with Crippen molar-refractivity contribution in [1.82, 2.24) is 10.6 Å². The van der Waals surface area contributed by atoms with E-state index in [0.717, 1.165) is 12.8 Å². The maximum Gasteiger partial charge on any atom is 0.413 e. The second-order valence-corrected chi connectivity index (χ2v) is 11.5. The van der Waals surface area contributed by atoms with Crippen molar-refractivity contribution >= 4 is 20.7 Å². The minimum absolute atomic E-state index is 0.0409. The monoisotopic (exact) mass is 391 g/mol. The van der Waals surface area contributed by atoms with Crippen LogP contribution in [0, 0.1) is 10.8 Å². The van der Waals surface area contributed by atoms with Gasteiger partial charge in [0.25, 0.3) is 0 Å². The molecule has 2 amide bonds. The first kappa shape index (κ1) is 24.9. The molecule has 4 N–H and O–H groups in total. The molecule has 0 aliphatic carbocycles. The van der Waals surface area contributed by atoms with Crippen molar-refractivity contribution in [2.75, 3.05) is 0 Å². The van der Waals surface area contributed by atoms with Crippen LogP contribution in [0.5, 0.6) is 0 Å². The number of nitrogens with one attached hydrogen (secondary N) is 2. The number of carbonyl (C=O) groups is 2. The van der Waals surface area contributed by atoms with Crippen LogP contribution in [0.25, 0.3) is 0 Å². The van der Waals surface area contributed by atoms with Gasteiger partial charge in [0, 0.05) is 11.1 Å². The molecule has 0 saturated heterocycles. The first-order valence-corrected chi connectivity index (χ1v) is 10.1. The summed E-state index contributed by atoms with van der Waals surface area (Å²) < 4.78 is 9.99. The molecule has 0 saturated carbocycles. The van der Waals surface area contributed by atoms with E-state index in [2.05, 4.69) is 52.2 Å². The molecular weight excluding hydrogens is 353 g/mol. The minimum atomic E-state index is -2.16. The number of carbonyl (C=O) groups excluding carboxylic acids is 2. The van der Waals surface area contributed by atoms with Crippen LogP contribution in [0.2, 0.25) is 0 Å². The third-order valence-corrected chi connectivity index (χ3v) is 3.86. The lowest BCUT2D eigenvalue weighted by Crippen LogP contribution is -2.46. The van der Waals surface area contributed by atoms with Crippen LogP contribution in [-0.2, 0) is 9.05 Å². The number of hydrogen-bond donors (Lipinski definition) is 3. The van der Waals surface area contributed by atoms with Gasteiger partial charge in [-0.1, -0.05) is 41.5 Å². The molecule has 154 valence electrons. The molecule has 0 aromatic carbocycles. The highest BCUT2D eigenvalue weighted by Crippen LogP contribution is 2.32. The molecule has 7 nitrogen and oxygen atoms in total. The lowest BCUT2D eigenvalue weighted by molar-refractivity contribution is 0.163. The van der Waals surface area contributed by atoms with E-state index in [1.54, 1.807) is 0 Å². The van der Waals surface area contributed by atoms with E-state index in [9.17, 15) is 9.59 Å². The summed E-state index contributed by atoms with van der Waals surface area (Å²) >= 11 is 0. The van der Waals surface area contributed by atoms with E-state index in [0.29, 0.717) is 0 Å². The molecule has 0 aliphatic rings. The summed E-state index contributed by atoms with van der Waals surface area (Å²) in [5.74, 6) is 0. The van der Waals surface area contributed by atoms with Gasteiger partial charge in [-0.15, -0.1) is 0 Å². The van der Waals surface area contributed by atoms with Gasteiger partial charge in [0.1, 0.15) is 0 Å². The minimum Gasteiger partial charge on any atom is -0.378 e. The van der Waals surface area contributed by atoms with Crippen molar-refractivity contribution in [2.45, 2.75) is 93.2 Å². The molecule has 0 aromatic rings. The molecular formula is C18H38N3O4P. The molecule has 0 spiro atoms. The molecule has 0 heterocycles. The van der Waals surface area contributed by atoms with Crippen molar-refractivity contribution < 1.29 is 18.6 Å². The third-order valence-electron chi connectivity index (χ3n) is 3.17. The molecule has 0 rings (SSSR count). The van der Waals surface area contributed by atoms with Gasteiger partial charge >= 0.3 is 20.7 Å². The van der Waals surface area contributed by atoms with Crippen LogP contribution in [0.3, 0.4) is 0 Å². The highest BCUT2D eigenvalue weighted by atomic mass is 31.2. The second-order valence-electron chi connectivity index (χ2n) is 10.5. The topological polar surface area (TPSA) is 103 Å². The van der Waals surface area contributed by atoms with E-state index in [-0.39, 0.29) is 10.8 Å². The van der Waals surface area contributed by atoms with E-state index in [1.165, 1.54) is 0 Å². The maximum absolute atomic E-state index is 12.0. The number of rotatable bonds is 6. The summed E-state index contributed by atoms with van der Waals surface area (Å²) in [7, 11) is -2.16. The average Bonchev–Trinajstić information content (AvgIpc) is 2.16. The third kappa shape index (κ3) is 13.2. The van der Waals surface area contributed by atoms with Crippen molar-refractivity contribution in [3.05, 3.63) is 0 Å². The molecule has 0 bridgehead atoms. The molecule has 0 aromatic heterocycles. The van der Waals surface area contributed by atoms with Crippen molar-refractivity contribution in [3.8, 4) is 0 Å². The first-order chi connectivity index (χ1) is 11.3. The molecule has 0 aliphatic heterocycles. The Morgan fingerprint density at radius 1 is 0.731 bits per heavy atom. The van der Waals surface area contributed by atoms with Crippen LogP contribution in [-0.4, -0.2) is 23.3 Å². The summed E-state index contributed by atoms with van der Waals surface area (Å²) in [6.07, 6.45) is 0.101. The normalized spacial score (nSPS) is 13.4. The Labute approximate surface area is 160 Å². The largest absolute Gasteiger partial charge is 0.413 e. The van der Waals surface area contributed by atoms with E-state index in [4.69, 9.17) is 14.6 Å². The van der Waals surface area contributed by atoms with E-state index >= 15 is 0 Å². The molecule has 8 heteroatoms. The summed E-state index contributed by atoms with van der Waals surface area (Å²) in [6.45, 7) is 20.1. The van der Waals surface area contributed by atoms with Crippen LogP contribution >= 0.6 is 8.53 Å². The fourth-order valence-corrected chi connectivity index (χ4v) is 3.98. The summed E-state index contributed by atoms with van der Waals surface area (Å²) in [5.41, 5.74) is 4.81. The lowest BCUT2D eigenvalue weighted by Gasteiger charge is -2.33. The molecule has 0 radical (unpaired) electrons. The van der Waals surface area contributed by atoms with Crippen molar-refractivity contribution in [3.63, 3.8) is 0 Å². The second kappa shape index (κ2) is 8.75. The molecule has 0 unspecified atom stereocenters. The molecule has 0 atom stereocenters. The van der Waals surface area contributed by atoms with Gasteiger partial charge in [0.15, 0.2) is 0 Å². The van der Waals surface area contributed by atoms with Crippen LogP contribution in [0.15, 0.2) is 0 Å². The Morgan fingerprint density at radius 3 is 1.23 bits per heavy atom. The predicted molar refractivity (Wildman–Crippen MR) is 107 cm³/mol. The van der Waals surface area contributed by atoms with Gasteiger partial charge in [0.2, 0.25) is 0 Å². The highest BCUT2D eigenvalue weighted by molar-refractivity contribution is 7.45. The van der Waals surface area contributed by atoms with Gasteiger partial charge < -0.3 is 19.7 Å². The molecule has 0 fully saturated rings. The van der Waals surface area contributed by atoms with Gasteiger partial charge in [0.05, 0.1) is 0 Å². The fraction of sp³-hybridized carbons (Fsp3) is 0.889. The van der Waals surface area contributed by atoms with Gasteiger partial charge in [-0.05, 0) is 51.4 Å². The van der Waals surface area contributed by atoms with Crippen LogP contribution < -0.4 is 16.1 Å². The van der Waals surface area contributed by atoms with Gasteiger partial charge in [-0.25, -0.2) is 15.1 Å². The number of hydrogen-bond acceptors (Lipinski definition) is 5. The van der Waals surface area contributed by atoms with Crippen LogP contribution in [0.4, 0.5) is 9.59 Å². The number of nitrogens with two attached hydrogens (primary N) is 1. The zero-order valence-electron chi connectivity index (χ0n) is 18.1. The summed E-state index contributed by atoms with van der Waals surface area (Å²) in [6, 6.07) is 0. The maximum atomic E-state index is 12.0. The van der Waals surface area contributed by atoms with Gasteiger partial charge in [-0.2, -0.15) is 0 Å². The Hall–Kier alpha value is -1.07. The number of amides is 2. The smallest absolute Gasteiger partial charge is 0.378 e. The fourth-order valence-electron chi connectivity index (χ4n) is 3.52. The highest BCUT2D eigenvalue weighted by Gasteiger charge is 2.31. The van der Waals surface area contributed by atoms with Crippen LogP contribution in [0.1, 0.15) is 82.1 Å². The summed E-state index contributed by atoms with van der Waals surface area (Å²) in [4.78, 5) is 24.0. The quantitative estimate of drug-likeness (QED) is 0.550.